The van der Waals surface area contributed by atoms with Crippen LogP contribution >= 0.6 is 0 Å². The lowest BCUT2D eigenvalue weighted by molar-refractivity contribution is -0.376. The van der Waals surface area contributed by atoms with Gasteiger partial charge in [0.1, 0.15) is 5.54 Å². The van der Waals surface area contributed by atoms with Gasteiger partial charge in [0, 0.05) is 12.1 Å². The highest BCUT2D eigenvalue weighted by Crippen LogP contribution is 2.50. The molecule has 1 atom stereocenters. The number of rotatable bonds is 9. The Labute approximate surface area is 254 Å². The van der Waals surface area contributed by atoms with Gasteiger partial charge in [-0.1, -0.05) is 68.8 Å². The van der Waals surface area contributed by atoms with Crippen molar-refractivity contribution in [2.24, 2.45) is 0 Å². The van der Waals surface area contributed by atoms with E-state index in [1.54, 1.807) is 56.3 Å². The van der Waals surface area contributed by atoms with Crippen molar-refractivity contribution in [3.63, 3.8) is 0 Å². The first-order valence-corrected chi connectivity index (χ1v) is 14.3. The Kier molecular flexibility index (Phi) is 8.28. The Balaban J connectivity index is 1.39. The van der Waals surface area contributed by atoms with Crippen LogP contribution in [0.2, 0.25) is 0 Å². The third kappa shape index (κ3) is 5.47. The molecular weight excluding hydrogens is 606 g/mol. The number of carbonyl (C=O) groups is 2. The van der Waals surface area contributed by atoms with Crippen LogP contribution in [0.4, 0.5) is 31.1 Å². The second kappa shape index (κ2) is 11.6. The number of urea groups is 1. The zero-order valence-electron chi connectivity index (χ0n) is 24.3. The summed E-state index contributed by atoms with van der Waals surface area (Å²) in [5, 5.41) is 12.7. The van der Waals surface area contributed by atoms with E-state index in [4.69, 9.17) is 9.47 Å². The average molecular weight is 637 g/mol. The minimum Gasteiger partial charge on any atom is -0.454 e. The molecule has 0 spiro atoms. The number of hydrogen-bond acceptors (Lipinski definition) is 5. The predicted molar refractivity (Wildman–Crippen MR) is 150 cm³/mol. The highest BCUT2D eigenvalue weighted by molar-refractivity contribution is 6.07. The van der Waals surface area contributed by atoms with Gasteiger partial charge in [0.05, 0.1) is 0 Å². The molecule has 1 saturated heterocycles. The number of hydrogen-bond donors (Lipinski definition) is 2. The molecule has 0 radical (unpaired) electrons. The van der Waals surface area contributed by atoms with Crippen molar-refractivity contribution in [3.8, 4) is 22.6 Å². The summed E-state index contributed by atoms with van der Waals surface area (Å²) in [6.07, 6.45) is -10.9. The minimum atomic E-state index is -5.99. The maximum Gasteiger partial charge on any atom is 0.430 e. The summed E-state index contributed by atoms with van der Waals surface area (Å²) < 4.78 is 92.0. The Hall–Kier alpha value is -4.26. The highest BCUT2D eigenvalue weighted by Gasteiger charge is 2.71. The molecule has 3 amide bonds. The number of nitrogens with one attached hydrogen (secondary N) is 1. The number of fused-ring (bicyclic) bond motifs is 1. The zero-order valence-corrected chi connectivity index (χ0v) is 24.3. The maximum atomic E-state index is 13.6. The molecule has 0 saturated carbocycles. The molecule has 0 aliphatic carbocycles. The molecule has 45 heavy (non-hydrogen) atoms. The number of aliphatic hydroxyl groups is 1. The van der Waals surface area contributed by atoms with Gasteiger partial charge in [0.25, 0.3) is 11.5 Å². The van der Waals surface area contributed by atoms with Gasteiger partial charge in [-0.15, -0.1) is 0 Å². The summed E-state index contributed by atoms with van der Waals surface area (Å²) in [5.74, 6) is 0.564. The quantitative estimate of drug-likeness (QED) is 0.201. The molecule has 1 fully saturated rings. The Morgan fingerprint density at radius 3 is 2.27 bits per heavy atom. The Morgan fingerprint density at radius 1 is 0.889 bits per heavy atom. The van der Waals surface area contributed by atoms with E-state index >= 15 is 0 Å². The minimum absolute atomic E-state index is 0.0192. The molecule has 3 aromatic carbocycles. The van der Waals surface area contributed by atoms with Crippen LogP contribution in [-0.4, -0.2) is 47.6 Å². The number of aryl methyl sites for hydroxylation is 1. The Morgan fingerprint density at radius 2 is 1.60 bits per heavy atom. The molecular formula is C32H30F6N2O5. The van der Waals surface area contributed by atoms with Crippen LogP contribution in [-0.2, 0) is 28.8 Å². The summed E-state index contributed by atoms with van der Waals surface area (Å²) >= 11 is 0. The van der Waals surface area contributed by atoms with E-state index in [1.165, 1.54) is 0 Å². The van der Waals surface area contributed by atoms with Crippen molar-refractivity contribution in [3.05, 3.63) is 82.9 Å². The number of imide groups is 1. The first-order chi connectivity index (χ1) is 21.2. The number of carbonyl (C=O) groups excluding carboxylic acids is 2. The largest absolute Gasteiger partial charge is 0.454 e. The van der Waals surface area contributed by atoms with Crippen molar-refractivity contribution in [1.29, 1.82) is 0 Å². The van der Waals surface area contributed by atoms with Crippen LogP contribution < -0.4 is 14.8 Å². The third-order valence-corrected chi connectivity index (χ3v) is 8.30. The molecule has 240 valence electrons. The van der Waals surface area contributed by atoms with Gasteiger partial charge in [-0.25, -0.2) is 4.79 Å². The summed E-state index contributed by atoms with van der Waals surface area (Å²) in [7, 11) is 0. The summed E-state index contributed by atoms with van der Waals surface area (Å²) in [4.78, 5) is 27.8. The molecule has 2 N–H and O–H groups in total. The second-order valence-corrected chi connectivity index (χ2v) is 11.0. The molecule has 2 heterocycles. The lowest BCUT2D eigenvalue weighted by Crippen LogP contribution is -2.53. The summed E-state index contributed by atoms with van der Waals surface area (Å²) in [6.45, 7) is 3.58. The smallest absolute Gasteiger partial charge is 0.430 e. The summed E-state index contributed by atoms with van der Waals surface area (Å²) in [5.41, 5.74) is -5.30. The van der Waals surface area contributed by atoms with E-state index in [-0.39, 0.29) is 38.2 Å². The third-order valence-electron chi connectivity index (χ3n) is 8.30. The lowest BCUT2D eigenvalue weighted by atomic mass is 9.86. The van der Waals surface area contributed by atoms with E-state index < -0.39 is 41.0 Å². The van der Waals surface area contributed by atoms with Crippen LogP contribution in [0.1, 0.15) is 48.9 Å². The molecule has 7 nitrogen and oxygen atoms in total. The van der Waals surface area contributed by atoms with Gasteiger partial charge >= 0.3 is 18.4 Å². The van der Waals surface area contributed by atoms with Crippen LogP contribution in [0.3, 0.4) is 0 Å². The van der Waals surface area contributed by atoms with E-state index in [0.717, 1.165) is 17.0 Å². The number of alkyl halides is 6. The molecule has 2 aliphatic rings. The SMILES string of the molecule is CCCc1cc(C(O)(C(F)(F)F)C(F)(F)F)ccc1-c1cccc(CCN2C(=O)NC(CC)(c3ccc4c(c3)OCO4)C2=O)c1. The highest BCUT2D eigenvalue weighted by atomic mass is 19.4. The zero-order chi connectivity index (χ0) is 32.8. The normalized spacial score (nSPS) is 18.5. The van der Waals surface area contributed by atoms with Crippen molar-refractivity contribution in [2.75, 3.05) is 13.3 Å². The number of halogens is 6. The van der Waals surface area contributed by atoms with Crippen molar-refractivity contribution < 1.29 is 50.5 Å². The van der Waals surface area contributed by atoms with Crippen LogP contribution in [0.15, 0.2) is 60.7 Å². The van der Waals surface area contributed by atoms with Crippen LogP contribution in [0, 0.1) is 0 Å². The first kappa shape index (κ1) is 32.1. The number of benzene rings is 3. The fraction of sp³-hybridized carbons (Fsp3) is 0.375. The van der Waals surface area contributed by atoms with Gasteiger partial charge < -0.3 is 19.9 Å². The lowest BCUT2D eigenvalue weighted by Gasteiger charge is -2.33. The summed E-state index contributed by atoms with van der Waals surface area (Å²) in [6, 6.07) is 13.8. The monoisotopic (exact) mass is 636 g/mol. The molecule has 13 heteroatoms. The van der Waals surface area contributed by atoms with Gasteiger partial charge in [-0.3, -0.25) is 9.69 Å². The number of nitrogens with zero attached hydrogens (tertiary/aromatic N) is 1. The Bertz CT molecular complexity index is 1610. The average Bonchev–Trinajstić information content (AvgIpc) is 3.56. The topological polar surface area (TPSA) is 88.1 Å². The van der Waals surface area contributed by atoms with Crippen LogP contribution in [0.25, 0.3) is 11.1 Å². The molecule has 2 aliphatic heterocycles. The second-order valence-electron chi connectivity index (χ2n) is 11.0. The standard InChI is InChI=1S/C32H30F6N2O5/c1-3-6-20-16-23(30(43,31(33,34)35)32(36,37)38)9-11-24(20)21-8-5-7-19(15-21)13-14-40-27(41)29(4-2,39-28(40)42)22-10-12-25-26(17-22)45-18-44-25/h5,7-12,15-17,43H,3-4,6,13-14,18H2,1-2H3,(H,39,42). The van der Waals surface area contributed by atoms with Crippen molar-refractivity contribution in [1.82, 2.24) is 10.2 Å². The van der Waals surface area contributed by atoms with Gasteiger partial charge in [-0.2, -0.15) is 26.3 Å². The van der Waals surface area contributed by atoms with Crippen molar-refractivity contribution in [2.45, 2.75) is 63.0 Å². The van der Waals surface area contributed by atoms with Gasteiger partial charge in [0.15, 0.2) is 11.5 Å². The van der Waals surface area contributed by atoms with Gasteiger partial charge in [-0.05, 0) is 59.2 Å². The van der Waals surface area contributed by atoms with E-state index in [1.807, 2.05) is 0 Å². The predicted octanol–water partition coefficient (Wildman–Crippen LogP) is 6.75. The van der Waals surface area contributed by atoms with Gasteiger partial charge in [0.2, 0.25) is 6.79 Å². The fourth-order valence-electron chi connectivity index (χ4n) is 5.83. The number of amides is 3. The number of ether oxygens (including phenoxy) is 2. The fourth-order valence-corrected chi connectivity index (χ4v) is 5.83. The molecule has 3 aromatic rings. The molecule has 5 rings (SSSR count). The van der Waals surface area contributed by atoms with Crippen molar-refractivity contribution >= 4 is 11.9 Å². The first-order valence-electron chi connectivity index (χ1n) is 14.3. The molecule has 1 unspecified atom stereocenters. The molecule has 0 aromatic heterocycles. The van der Waals surface area contributed by atoms with E-state index in [0.29, 0.717) is 46.2 Å². The van der Waals surface area contributed by atoms with E-state index in [2.05, 4.69) is 5.32 Å². The maximum absolute atomic E-state index is 13.6. The van der Waals surface area contributed by atoms with Crippen LogP contribution in [0.5, 0.6) is 11.5 Å². The molecule has 0 bridgehead atoms. The van der Waals surface area contributed by atoms with E-state index in [9.17, 15) is 41.0 Å².